The summed E-state index contributed by atoms with van der Waals surface area (Å²) in [6, 6.07) is 3.83. The van der Waals surface area contributed by atoms with Crippen LogP contribution in [0.2, 0.25) is 0 Å². The highest BCUT2D eigenvalue weighted by Crippen LogP contribution is 2.19. The fraction of sp³-hybridized carbons (Fsp3) is 0.500. The summed E-state index contributed by atoms with van der Waals surface area (Å²) in [6.07, 6.45) is 0.613. The molecule has 19 heavy (non-hydrogen) atoms. The summed E-state index contributed by atoms with van der Waals surface area (Å²) in [5, 5.41) is 0. The minimum Gasteiger partial charge on any atom is -0.293 e. The van der Waals surface area contributed by atoms with Crippen molar-refractivity contribution in [3.8, 4) is 0 Å². The Morgan fingerprint density at radius 1 is 1.16 bits per heavy atom. The van der Waals surface area contributed by atoms with Crippen LogP contribution in [-0.4, -0.2) is 37.3 Å². The fourth-order valence-corrected chi connectivity index (χ4v) is 3.85. The highest BCUT2D eigenvalue weighted by Gasteiger charge is 2.30. The molecule has 4 nitrogen and oxygen atoms in total. The largest absolute Gasteiger partial charge is 0.293 e. The number of nitrogens with zero attached hydrogens (tertiary/aromatic N) is 1. The third-order valence-corrected chi connectivity index (χ3v) is 5.57. The van der Waals surface area contributed by atoms with Gasteiger partial charge in [-0.2, -0.15) is 4.31 Å². The van der Waals surface area contributed by atoms with E-state index in [4.69, 9.17) is 0 Å². The maximum atomic E-state index is 12.3. The first-order valence-electron chi connectivity index (χ1n) is 6.40. The van der Waals surface area contributed by atoms with Crippen LogP contribution in [0.5, 0.6) is 0 Å². The molecule has 0 unspecified atom stereocenters. The zero-order chi connectivity index (χ0) is 14.2. The van der Waals surface area contributed by atoms with Gasteiger partial charge in [0, 0.05) is 12.1 Å². The van der Waals surface area contributed by atoms with E-state index < -0.39 is 10.0 Å². The van der Waals surface area contributed by atoms with Gasteiger partial charge < -0.3 is 0 Å². The van der Waals surface area contributed by atoms with Crippen LogP contribution in [0, 0.1) is 20.8 Å². The zero-order valence-electron chi connectivity index (χ0n) is 11.6. The minimum absolute atomic E-state index is 0.0360. The quantitative estimate of drug-likeness (QED) is 0.794. The second kappa shape index (κ2) is 5.06. The van der Waals surface area contributed by atoms with E-state index in [1.807, 2.05) is 32.9 Å². The second-order valence-corrected chi connectivity index (χ2v) is 7.27. The number of hydrogen-bond acceptors (Lipinski definition) is 3. The number of carbonyl (C=O) groups is 1. The second-order valence-electron chi connectivity index (χ2n) is 5.18. The predicted molar refractivity (Wildman–Crippen MR) is 75.0 cm³/mol. The molecule has 1 heterocycles. The third kappa shape index (κ3) is 2.87. The van der Waals surface area contributed by atoms with Crippen molar-refractivity contribution in [2.45, 2.75) is 27.2 Å². The van der Waals surface area contributed by atoms with Crippen LogP contribution >= 0.6 is 0 Å². The number of aryl methyl sites for hydroxylation is 3. The summed E-state index contributed by atoms with van der Waals surface area (Å²) >= 11 is 0. The van der Waals surface area contributed by atoms with Gasteiger partial charge >= 0.3 is 0 Å². The van der Waals surface area contributed by atoms with Crippen LogP contribution in [0.4, 0.5) is 0 Å². The Hall–Kier alpha value is -1.20. The molecule has 0 spiro atoms. The van der Waals surface area contributed by atoms with Crippen LogP contribution in [-0.2, 0) is 10.0 Å². The molecule has 0 atom stereocenters. The summed E-state index contributed by atoms with van der Waals surface area (Å²) in [5.74, 6) is 0.0395. The summed E-state index contributed by atoms with van der Waals surface area (Å²) in [4.78, 5) is 12.3. The molecule has 0 radical (unpaired) electrons. The van der Waals surface area contributed by atoms with Crippen molar-refractivity contribution < 1.29 is 13.2 Å². The number of hydrogen-bond donors (Lipinski definition) is 0. The lowest BCUT2D eigenvalue weighted by Gasteiger charge is -2.15. The predicted octanol–water partition coefficient (Wildman–Crippen LogP) is 1.83. The molecule has 0 amide bonds. The van der Waals surface area contributed by atoms with Gasteiger partial charge in [0.1, 0.15) is 0 Å². The topological polar surface area (TPSA) is 54.5 Å². The van der Waals surface area contributed by atoms with Crippen LogP contribution in [0.15, 0.2) is 12.1 Å². The minimum atomic E-state index is -3.21. The number of ketones is 1. The van der Waals surface area contributed by atoms with Crippen molar-refractivity contribution in [1.29, 1.82) is 0 Å². The Bertz CT molecular complexity index is 620. The van der Waals surface area contributed by atoms with Gasteiger partial charge in [-0.25, -0.2) is 8.42 Å². The molecule has 1 fully saturated rings. The first kappa shape index (κ1) is 14.2. The number of carbonyl (C=O) groups excluding carboxylic acids is 1. The molecule has 0 saturated carbocycles. The van der Waals surface area contributed by atoms with E-state index in [0.29, 0.717) is 18.5 Å². The van der Waals surface area contributed by atoms with Gasteiger partial charge in [-0.1, -0.05) is 6.07 Å². The van der Waals surface area contributed by atoms with E-state index in [-0.39, 0.29) is 18.1 Å². The lowest BCUT2D eigenvalue weighted by molar-refractivity contribution is 0.0968. The van der Waals surface area contributed by atoms with E-state index in [1.54, 1.807) is 0 Å². The van der Waals surface area contributed by atoms with E-state index in [9.17, 15) is 13.2 Å². The van der Waals surface area contributed by atoms with Gasteiger partial charge in [-0.15, -0.1) is 0 Å². The van der Waals surface area contributed by atoms with E-state index in [1.165, 1.54) is 4.31 Å². The third-order valence-electron chi connectivity index (χ3n) is 3.66. The maximum absolute atomic E-state index is 12.3. The van der Waals surface area contributed by atoms with Crippen molar-refractivity contribution >= 4 is 15.8 Å². The molecule has 0 bridgehead atoms. The van der Waals surface area contributed by atoms with Gasteiger partial charge in [0.15, 0.2) is 5.78 Å². The molecular weight excluding hydrogens is 262 g/mol. The summed E-state index contributed by atoms with van der Waals surface area (Å²) in [5.41, 5.74) is 3.73. The Morgan fingerprint density at radius 3 is 2.37 bits per heavy atom. The highest BCUT2D eigenvalue weighted by atomic mass is 32.2. The van der Waals surface area contributed by atoms with Crippen LogP contribution in [0.25, 0.3) is 0 Å². The van der Waals surface area contributed by atoms with Crippen molar-refractivity contribution in [3.05, 3.63) is 34.4 Å². The van der Waals surface area contributed by atoms with Crippen molar-refractivity contribution in [2.24, 2.45) is 0 Å². The molecule has 0 aromatic heterocycles. The SMILES string of the molecule is Cc1cc(C)c(C(=O)CN2CCCS2(=O)=O)cc1C. The Kier molecular flexibility index (Phi) is 3.78. The molecule has 1 aromatic carbocycles. The number of rotatable bonds is 3. The van der Waals surface area contributed by atoms with Crippen LogP contribution in [0.1, 0.15) is 33.5 Å². The smallest absolute Gasteiger partial charge is 0.214 e. The molecule has 1 aromatic rings. The van der Waals surface area contributed by atoms with Gasteiger partial charge in [0.05, 0.1) is 12.3 Å². The molecule has 1 aliphatic rings. The average molecular weight is 281 g/mol. The van der Waals surface area contributed by atoms with Gasteiger partial charge in [0.25, 0.3) is 0 Å². The van der Waals surface area contributed by atoms with Gasteiger partial charge in [0.2, 0.25) is 10.0 Å². The molecule has 1 aliphatic heterocycles. The molecule has 2 rings (SSSR count). The molecule has 0 aliphatic carbocycles. The van der Waals surface area contributed by atoms with E-state index in [0.717, 1.165) is 16.7 Å². The van der Waals surface area contributed by atoms with Crippen LogP contribution < -0.4 is 0 Å². The van der Waals surface area contributed by atoms with Crippen molar-refractivity contribution in [2.75, 3.05) is 18.8 Å². The lowest BCUT2D eigenvalue weighted by Crippen LogP contribution is -2.31. The zero-order valence-corrected chi connectivity index (χ0v) is 12.4. The average Bonchev–Trinajstić information content (AvgIpc) is 2.63. The van der Waals surface area contributed by atoms with E-state index in [2.05, 4.69) is 0 Å². The first-order valence-corrected chi connectivity index (χ1v) is 8.01. The normalized spacial score (nSPS) is 18.7. The standard InChI is InChI=1S/C14H19NO3S/c1-10-7-12(3)13(8-11(10)2)14(16)9-15-5-4-6-19(15,17)18/h7-8H,4-6,9H2,1-3H3. The maximum Gasteiger partial charge on any atom is 0.214 e. The Balaban J connectivity index is 2.24. The molecule has 0 N–H and O–H groups in total. The highest BCUT2D eigenvalue weighted by molar-refractivity contribution is 7.89. The van der Waals surface area contributed by atoms with E-state index >= 15 is 0 Å². The van der Waals surface area contributed by atoms with Crippen molar-refractivity contribution in [1.82, 2.24) is 4.31 Å². The van der Waals surface area contributed by atoms with Crippen LogP contribution in [0.3, 0.4) is 0 Å². The molecule has 5 heteroatoms. The molecule has 104 valence electrons. The summed E-state index contributed by atoms with van der Waals surface area (Å²) in [6.45, 7) is 6.27. The summed E-state index contributed by atoms with van der Waals surface area (Å²) < 4.78 is 24.7. The fourth-order valence-electron chi connectivity index (χ4n) is 2.38. The Labute approximate surface area is 114 Å². The molecular formula is C14H19NO3S. The first-order chi connectivity index (χ1) is 8.81. The molecule has 1 saturated heterocycles. The number of benzene rings is 1. The number of Topliss-reactive ketones (excluding diaryl/α,β-unsaturated/α-hetero) is 1. The monoisotopic (exact) mass is 281 g/mol. The van der Waals surface area contributed by atoms with Gasteiger partial charge in [-0.3, -0.25) is 4.79 Å². The number of sulfonamides is 1. The van der Waals surface area contributed by atoms with Gasteiger partial charge in [-0.05, 0) is 49.9 Å². The Morgan fingerprint density at radius 2 is 1.79 bits per heavy atom. The summed E-state index contributed by atoms with van der Waals surface area (Å²) in [7, 11) is -3.21. The van der Waals surface area contributed by atoms with Crippen molar-refractivity contribution in [3.63, 3.8) is 0 Å². The lowest BCUT2D eigenvalue weighted by atomic mass is 9.98.